The summed E-state index contributed by atoms with van der Waals surface area (Å²) in [6.45, 7) is 2.95. The van der Waals surface area contributed by atoms with E-state index in [4.69, 9.17) is 9.47 Å². The van der Waals surface area contributed by atoms with Gasteiger partial charge in [-0.15, -0.1) is 0 Å². The van der Waals surface area contributed by atoms with E-state index in [1.54, 1.807) is 19.1 Å². The quantitative estimate of drug-likeness (QED) is 0.626. The minimum Gasteiger partial charge on any atom is -0.497 e. The highest BCUT2D eigenvalue weighted by molar-refractivity contribution is 5.85. The van der Waals surface area contributed by atoms with Gasteiger partial charge in [-0.2, -0.15) is 0 Å². The Bertz CT molecular complexity index is 1020. The molecule has 3 aromatic rings. The van der Waals surface area contributed by atoms with Crippen LogP contribution in [0.2, 0.25) is 0 Å². The number of piperidine rings is 1. The molecule has 0 unspecified atom stereocenters. The molecule has 6 nitrogen and oxygen atoms in total. The van der Waals surface area contributed by atoms with Gasteiger partial charge < -0.3 is 19.4 Å². The Morgan fingerprint density at radius 3 is 2.42 bits per heavy atom. The molecule has 1 amide bonds. The maximum absolute atomic E-state index is 12.7. The van der Waals surface area contributed by atoms with Gasteiger partial charge in [0.15, 0.2) is 0 Å². The minimum absolute atomic E-state index is 0.158. The maximum Gasteiger partial charge on any atom is 0.236 e. The zero-order valence-electron chi connectivity index (χ0n) is 18.6. The summed E-state index contributed by atoms with van der Waals surface area (Å²) in [5.74, 6) is 2.38. The zero-order valence-corrected chi connectivity index (χ0v) is 18.6. The van der Waals surface area contributed by atoms with E-state index in [0.717, 1.165) is 48.5 Å². The second-order valence-corrected chi connectivity index (χ2v) is 8.30. The first-order chi connectivity index (χ1) is 15.1. The van der Waals surface area contributed by atoms with Crippen molar-refractivity contribution in [3.05, 3.63) is 59.8 Å². The molecule has 0 bridgehead atoms. The largest absolute Gasteiger partial charge is 0.497 e. The summed E-state index contributed by atoms with van der Waals surface area (Å²) < 4.78 is 10.6. The number of hydrogen-bond acceptors (Lipinski definition) is 4. The van der Waals surface area contributed by atoms with E-state index in [1.807, 2.05) is 37.4 Å². The van der Waals surface area contributed by atoms with Gasteiger partial charge in [-0.25, -0.2) is 0 Å². The third kappa shape index (κ3) is 4.85. The fourth-order valence-corrected chi connectivity index (χ4v) is 4.39. The molecular formula is C25H31N3O3. The third-order valence-electron chi connectivity index (χ3n) is 6.31. The number of hydrogen-bond donors (Lipinski definition) is 1. The van der Waals surface area contributed by atoms with Crippen molar-refractivity contribution in [3.8, 4) is 11.5 Å². The number of aromatic nitrogens is 1. The summed E-state index contributed by atoms with van der Waals surface area (Å²) in [6.07, 6.45) is 4.25. The van der Waals surface area contributed by atoms with Gasteiger partial charge in [-0.1, -0.05) is 12.1 Å². The number of fused-ring (bicyclic) bond motifs is 1. The van der Waals surface area contributed by atoms with Crippen molar-refractivity contribution in [2.75, 3.05) is 40.9 Å². The van der Waals surface area contributed by atoms with Crippen LogP contribution in [0, 0.1) is 0 Å². The van der Waals surface area contributed by atoms with Gasteiger partial charge in [-0.3, -0.25) is 9.69 Å². The summed E-state index contributed by atoms with van der Waals surface area (Å²) in [5, 5.41) is 1.24. The van der Waals surface area contributed by atoms with Crippen LogP contribution in [-0.2, 0) is 11.3 Å². The SMILES string of the molecule is COc1ccc(CN(C)C(=O)CN2CCC(c3c[nH]c4ccc(OC)cc34)CC2)cc1. The number of nitrogens with one attached hydrogen (secondary N) is 1. The lowest BCUT2D eigenvalue weighted by molar-refractivity contribution is -0.131. The number of ether oxygens (including phenoxy) is 2. The van der Waals surface area contributed by atoms with Crippen LogP contribution in [0.5, 0.6) is 11.5 Å². The number of benzene rings is 2. The maximum atomic E-state index is 12.7. The highest BCUT2D eigenvalue weighted by Gasteiger charge is 2.25. The van der Waals surface area contributed by atoms with Gasteiger partial charge >= 0.3 is 0 Å². The van der Waals surface area contributed by atoms with E-state index in [2.05, 4.69) is 28.2 Å². The van der Waals surface area contributed by atoms with Gasteiger partial charge in [-0.05, 0) is 73.3 Å². The highest BCUT2D eigenvalue weighted by Crippen LogP contribution is 2.34. The molecule has 6 heteroatoms. The number of carbonyl (C=O) groups excluding carboxylic acids is 1. The molecule has 0 atom stereocenters. The van der Waals surface area contributed by atoms with Crippen molar-refractivity contribution in [2.45, 2.75) is 25.3 Å². The van der Waals surface area contributed by atoms with Crippen molar-refractivity contribution in [3.63, 3.8) is 0 Å². The molecule has 0 aliphatic carbocycles. The normalized spacial score (nSPS) is 15.2. The lowest BCUT2D eigenvalue weighted by Gasteiger charge is -2.32. The second kappa shape index (κ2) is 9.43. The topological polar surface area (TPSA) is 57.8 Å². The Kier molecular flexibility index (Phi) is 6.47. The van der Waals surface area contributed by atoms with Crippen LogP contribution in [0.1, 0.15) is 29.9 Å². The summed E-state index contributed by atoms with van der Waals surface area (Å²) in [6, 6.07) is 14.0. The van der Waals surface area contributed by atoms with Crippen LogP contribution in [0.3, 0.4) is 0 Å². The summed E-state index contributed by atoms with van der Waals surface area (Å²) in [5.41, 5.74) is 3.61. The summed E-state index contributed by atoms with van der Waals surface area (Å²) >= 11 is 0. The van der Waals surface area contributed by atoms with E-state index in [0.29, 0.717) is 19.0 Å². The number of likely N-dealkylation sites (tertiary alicyclic amines) is 1. The molecule has 164 valence electrons. The number of likely N-dealkylation sites (N-methyl/N-ethyl adjacent to an activating group) is 1. The van der Waals surface area contributed by atoms with Crippen molar-refractivity contribution in [2.24, 2.45) is 0 Å². The second-order valence-electron chi connectivity index (χ2n) is 8.30. The van der Waals surface area contributed by atoms with Crippen molar-refractivity contribution < 1.29 is 14.3 Å². The Hall–Kier alpha value is -2.99. The average molecular weight is 422 g/mol. The molecular weight excluding hydrogens is 390 g/mol. The molecule has 0 spiro atoms. The monoisotopic (exact) mass is 421 g/mol. The third-order valence-corrected chi connectivity index (χ3v) is 6.31. The first kappa shape index (κ1) is 21.2. The lowest BCUT2D eigenvalue weighted by atomic mass is 9.89. The molecule has 1 aliphatic rings. The molecule has 1 aromatic heterocycles. The number of carbonyl (C=O) groups is 1. The Balaban J connectivity index is 1.31. The lowest BCUT2D eigenvalue weighted by Crippen LogP contribution is -2.41. The van der Waals surface area contributed by atoms with Gasteiger partial charge in [0.2, 0.25) is 5.91 Å². The molecule has 31 heavy (non-hydrogen) atoms. The Labute approximate surface area is 183 Å². The van der Waals surface area contributed by atoms with Gasteiger partial charge in [0, 0.05) is 30.7 Å². The van der Waals surface area contributed by atoms with E-state index in [-0.39, 0.29) is 5.91 Å². The standard InChI is InChI=1S/C25H31N3O3/c1-27(16-18-4-6-20(30-2)7-5-18)25(29)17-28-12-10-19(11-13-28)23-15-26-24-9-8-21(31-3)14-22(23)24/h4-9,14-15,19,26H,10-13,16-17H2,1-3H3. The smallest absolute Gasteiger partial charge is 0.236 e. The predicted octanol–water partition coefficient (Wildman–Crippen LogP) is 4.02. The summed E-state index contributed by atoms with van der Waals surface area (Å²) in [7, 11) is 5.23. The van der Waals surface area contributed by atoms with E-state index >= 15 is 0 Å². The van der Waals surface area contributed by atoms with Crippen LogP contribution in [0.25, 0.3) is 10.9 Å². The average Bonchev–Trinajstić information content (AvgIpc) is 3.23. The van der Waals surface area contributed by atoms with Crippen LogP contribution in [0.15, 0.2) is 48.7 Å². The molecule has 1 N–H and O–H groups in total. The molecule has 1 saturated heterocycles. The van der Waals surface area contributed by atoms with E-state index < -0.39 is 0 Å². The summed E-state index contributed by atoms with van der Waals surface area (Å²) in [4.78, 5) is 20.2. The molecule has 2 heterocycles. The van der Waals surface area contributed by atoms with E-state index in [1.165, 1.54) is 10.9 Å². The van der Waals surface area contributed by atoms with Crippen LogP contribution >= 0.6 is 0 Å². The Morgan fingerprint density at radius 1 is 1.06 bits per heavy atom. The van der Waals surface area contributed by atoms with Crippen molar-refractivity contribution in [1.29, 1.82) is 0 Å². The molecule has 4 rings (SSSR count). The van der Waals surface area contributed by atoms with Crippen LogP contribution in [-0.4, -0.2) is 61.6 Å². The number of aromatic amines is 1. The first-order valence-corrected chi connectivity index (χ1v) is 10.8. The first-order valence-electron chi connectivity index (χ1n) is 10.8. The number of nitrogens with zero attached hydrogens (tertiary/aromatic N) is 2. The molecule has 1 fully saturated rings. The van der Waals surface area contributed by atoms with Gasteiger partial charge in [0.1, 0.15) is 11.5 Å². The molecule has 0 saturated carbocycles. The Morgan fingerprint density at radius 2 is 1.74 bits per heavy atom. The van der Waals surface area contributed by atoms with E-state index in [9.17, 15) is 4.79 Å². The fourth-order valence-electron chi connectivity index (χ4n) is 4.39. The number of H-pyrrole nitrogens is 1. The number of methoxy groups -OCH3 is 2. The highest BCUT2D eigenvalue weighted by atomic mass is 16.5. The van der Waals surface area contributed by atoms with Gasteiger partial charge in [0.25, 0.3) is 0 Å². The van der Waals surface area contributed by atoms with Crippen LogP contribution in [0.4, 0.5) is 0 Å². The molecule has 1 aliphatic heterocycles. The molecule has 2 aromatic carbocycles. The van der Waals surface area contributed by atoms with Gasteiger partial charge in [0.05, 0.1) is 20.8 Å². The predicted molar refractivity (Wildman–Crippen MR) is 123 cm³/mol. The van der Waals surface area contributed by atoms with Crippen molar-refractivity contribution >= 4 is 16.8 Å². The van der Waals surface area contributed by atoms with Crippen LogP contribution < -0.4 is 9.47 Å². The fraction of sp³-hybridized carbons (Fsp3) is 0.400. The number of rotatable bonds is 7. The van der Waals surface area contributed by atoms with Crippen molar-refractivity contribution in [1.82, 2.24) is 14.8 Å². The molecule has 0 radical (unpaired) electrons. The minimum atomic E-state index is 0.158. The number of amides is 1. The zero-order chi connectivity index (χ0) is 21.8.